The number of aliphatic carboxylic acids is 1. The van der Waals surface area contributed by atoms with Crippen LogP contribution in [0.5, 0.6) is 0 Å². The van der Waals surface area contributed by atoms with Crippen LogP contribution < -0.4 is 5.32 Å². The summed E-state index contributed by atoms with van der Waals surface area (Å²) in [5.41, 5.74) is -0.793. The predicted octanol–water partition coefficient (Wildman–Crippen LogP) is 1.55. The second kappa shape index (κ2) is 4.64. The second-order valence-electron chi connectivity index (χ2n) is 4.69. The number of carbonyl (C=O) groups is 2. The summed E-state index contributed by atoms with van der Waals surface area (Å²) in [4.78, 5) is 22.7. The van der Waals surface area contributed by atoms with Crippen molar-refractivity contribution in [3.05, 3.63) is 0 Å². The first kappa shape index (κ1) is 12.0. The summed E-state index contributed by atoms with van der Waals surface area (Å²) in [6.45, 7) is 3.75. The van der Waals surface area contributed by atoms with E-state index in [0.717, 1.165) is 12.8 Å². The third-order valence-electron chi connectivity index (χ3n) is 2.96. The molecule has 1 amide bonds. The molecule has 0 aliphatic heterocycles. The van der Waals surface area contributed by atoms with E-state index in [1.807, 2.05) is 13.8 Å². The fourth-order valence-corrected chi connectivity index (χ4v) is 2.20. The summed E-state index contributed by atoms with van der Waals surface area (Å²) < 4.78 is 0. The summed E-state index contributed by atoms with van der Waals surface area (Å²) in [6, 6.07) is 0.0738. The molecular weight excluding hydrogens is 194 g/mol. The van der Waals surface area contributed by atoms with Gasteiger partial charge in [-0.1, -0.05) is 12.8 Å². The Balaban J connectivity index is 2.59. The highest BCUT2D eigenvalue weighted by Gasteiger charge is 2.42. The monoisotopic (exact) mass is 213 g/mol. The number of rotatable bonds is 4. The first-order valence-electron chi connectivity index (χ1n) is 5.49. The fraction of sp³-hybridized carbons (Fsp3) is 0.818. The smallest absolute Gasteiger partial charge is 0.310 e. The zero-order chi connectivity index (χ0) is 11.5. The predicted molar refractivity (Wildman–Crippen MR) is 56.4 cm³/mol. The van der Waals surface area contributed by atoms with E-state index in [1.54, 1.807) is 0 Å². The van der Waals surface area contributed by atoms with Crippen molar-refractivity contribution in [3.63, 3.8) is 0 Å². The number of amides is 1. The molecule has 0 saturated heterocycles. The number of nitrogens with one attached hydrogen (secondary N) is 1. The van der Waals surface area contributed by atoms with Gasteiger partial charge in [0.1, 0.15) is 0 Å². The van der Waals surface area contributed by atoms with Crippen LogP contribution >= 0.6 is 0 Å². The molecule has 0 bridgehead atoms. The van der Waals surface area contributed by atoms with Crippen LogP contribution in [-0.2, 0) is 9.59 Å². The summed E-state index contributed by atoms with van der Waals surface area (Å²) in [7, 11) is 0. The molecule has 1 saturated carbocycles. The zero-order valence-electron chi connectivity index (χ0n) is 9.38. The standard InChI is InChI=1S/C11H19NO3/c1-8(2)12-9(13)7-11(10(14)15)5-3-4-6-11/h8H,3-7H2,1-2H3,(H,12,13)(H,14,15). The van der Waals surface area contributed by atoms with E-state index in [1.165, 1.54) is 0 Å². The van der Waals surface area contributed by atoms with Gasteiger partial charge in [-0.05, 0) is 26.7 Å². The molecule has 0 radical (unpaired) electrons. The molecule has 0 heterocycles. The molecular formula is C11H19NO3. The van der Waals surface area contributed by atoms with Gasteiger partial charge in [0.05, 0.1) is 5.41 Å². The van der Waals surface area contributed by atoms with Crippen LogP contribution in [0.3, 0.4) is 0 Å². The van der Waals surface area contributed by atoms with Gasteiger partial charge in [0.25, 0.3) is 0 Å². The second-order valence-corrected chi connectivity index (χ2v) is 4.69. The van der Waals surface area contributed by atoms with Gasteiger partial charge in [0.15, 0.2) is 0 Å². The minimum Gasteiger partial charge on any atom is -0.481 e. The van der Waals surface area contributed by atoms with Crippen LogP contribution in [0.2, 0.25) is 0 Å². The van der Waals surface area contributed by atoms with E-state index in [2.05, 4.69) is 5.32 Å². The number of carboxylic acid groups (broad SMARTS) is 1. The first-order valence-corrected chi connectivity index (χ1v) is 5.49. The molecule has 1 fully saturated rings. The molecule has 4 heteroatoms. The third-order valence-corrected chi connectivity index (χ3v) is 2.96. The largest absolute Gasteiger partial charge is 0.481 e. The summed E-state index contributed by atoms with van der Waals surface area (Å²) in [5, 5.41) is 11.9. The summed E-state index contributed by atoms with van der Waals surface area (Å²) >= 11 is 0. The molecule has 2 N–H and O–H groups in total. The quantitative estimate of drug-likeness (QED) is 0.744. The van der Waals surface area contributed by atoms with E-state index < -0.39 is 11.4 Å². The van der Waals surface area contributed by atoms with Crippen LogP contribution in [0, 0.1) is 5.41 Å². The van der Waals surface area contributed by atoms with E-state index >= 15 is 0 Å². The topological polar surface area (TPSA) is 66.4 Å². The summed E-state index contributed by atoms with van der Waals surface area (Å²) in [6.07, 6.45) is 3.23. The normalized spacial score (nSPS) is 19.1. The lowest BCUT2D eigenvalue weighted by Gasteiger charge is -2.23. The molecule has 0 aromatic heterocycles. The maximum absolute atomic E-state index is 11.5. The Hall–Kier alpha value is -1.06. The molecule has 15 heavy (non-hydrogen) atoms. The fourth-order valence-electron chi connectivity index (χ4n) is 2.20. The Kier molecular flexibility index (Phi) is 3.72. The summed E-state index contributed by atoms with van der Waals surface area (Å²) in [5.74, 6) is -0.965. The van der Waals surface area contributed by atoms with Gasteiger partial charge in [0, 0.05) is 12.5 Å². The first-order chi connectivity index (χ1) is 6.96. The van der Waals surface area contributed by atoms with E-state index in [0.29, 0.717) is 12.8 Å². The Morgan fingerprint density at radius 3 is 2.27 bits per heavy atom. The third kappa shape index (κ3) is 2.94. The van der Waals surface area contributed by atoms with Crippen LogP contribution in [0.4, 0.5) is 0 Å². The SMILES string of the molecule is CC(C)NC(=O)CC1(C(=O)O)CCCC1. The van der Waals surface area contributed by atoms with Gasteiger partial charge in [-0.2, -0.15) is 0 Å². The Morgan fingerprint density at radius 1 is 1.33 bits per heavy atom. The molecule has 0 unspecified atom stereocenters. The molecule has 86 valence electrons. The Bertz CT molecular complexity index is 255. The lowest BCUT2D eigenvalue weighted by Crippen LogP contribution is -2.38. The van der Waals surface area contributed by atoms with Gasteiger partial charge < -0.3 is 10.4 Å². The minimum absolute atomic E-state index is 0.0738. The van der Waals surface area contributed by atoms with Gasteiger partial charge >= 0.3 is 5.97 Å². The maximum atomic E-state index is 11.5. The van der Waals surface area contributed by atoms with E-state index in [-0.39, 0.29) is 18.4 Å². The van der Waals surface area contributed by atoms with Gasteiger partial charge in [-0.15, -0.1) is 0 Å². The van der Waals surface area contributed by atoms with Crippen molar-refractivity contribution < 1.29 is 14.7 Å². The van der Waals surface area contributed by atoms with Crippen LogP contribution in [0.25, 0.3) is 0 Å². The van der Waals surface area contributed by atoms with Crippen molar-refractivity contribution in [2.75, 3.05) is 0 Å². The molecule has 1 aliphatic rings. The molecule has 0 aromatic carbocycles. The van der Waals surface area contributed by atoms with E-state index in [4.69, 9.17) is 5.11 Å². The van der Waals surface area contributed by atoms with Crippen LogP contribution in [-0.4, -0.2) is 23.0 Å². The average molecular weight is 213 g/mol. The lowest BCUT2D eigenvalue weighted by atomic mass is 9.82. The average Bonchev–Trinajstić information content (AvgIpc) is 2.52. The van der Waals surface area contributed by atoms with Gasteiger partial charge in [-0.25, -0.2) is 0 Å². The van der Waals surface area contributed by atoms with Crippen molar-refractivity contribution in [1.29, 1.82) is 0 Å². The Labute approximate surface area is 90.0 Å². The number of carbonyl (C=O) groups excluding carboxylic acids is 1. The van der Waals surface area contributed by atoms with Crippen molar-refractivity contribution in [1.82, 2.24) is 5.32 Å². The molecule has 0 spiro atoms. The molecule has 4 nitrogen and oxygen atoms in total. The molecule has 0 atom stereocenters. The van der Waals surface area contributed by atoms with Crippen molar-refractivity contribution in [2.45, 2.75) is 52.0 Å². The highest BCUT2D eigenvalue weighted by molar-refractivity contribution is 5.85. The van der Waals surface area contributed by atoms with Crippen molar-refractivity contribution >= 4 is 11.9 Å². The van der Waals surface area contributed by atoms with Gasteiger partial charge in [0.2, 0.25) is 5.91 Å². The van der Waals surface area contributed by atoms with Gasteiger partial charge in [-0.3, -0.25) is 9.59 Å². The molecule has 0 aromatic rings. The minimum atomic E-state index is -0.820. The number of carboxylic acids is 1. The molecule has 1 aliphatic carbocycles. The highest BCUT2D eigenvalue weighted by atomic mass is 16.4. The highest BCUT2D eigenvalue weighted by Crippen LogP contribution is 2.41. The van der Waals surface area contributed by atoms with E-state index in [9.17, 15) is 9.59 Å². The van der Waals surface area contributed by atoms with Crippen molar-refractivity contribution in [3.8, 4) is 0 Å². The lowest BCUT2D eigenvalue weighted by molar-refractivity contribution is -0.151. The van der Waals surface area contributed by atoms with Crippen molar-refractivity contribution in [2.24, 2.45) is 5.41 Å². The number of hydrogen-bond acceptors (Lipinski definition) is 2. The zero-order valence-corrected chi connectivity index (χ0v) is 9.38. The number of hydrogen-bond donors (Lipinski definition) is 2. The maximum Gasteiger partial charge on any atom is 0.310 e. The molecule has 1 rings (SSSR count). The Morgan fingerprint density at radius 2 is 1.87 bits per heavy atom. The van der Waals surface area contributed by atoms with Crippen LogP contribution in [0.15, 0.2) is 0 Å². The van der Waals surface area contributed by atoms with Crippen LogP contribution in [0.1, 0.15) is 46.0 Å².